The van der Waals surface area contributed by atoms with Crippen LogP contribution in [0.4, 0.5) is 4.39 Å². The summed E-state index contributed by atoms with van der Waals surface area (Å²) < 4.78 is 15.1. The molecule has 1 aromatic carbocycles. The summed E-state index contributed by atoms with van der Waals surface area (Å²) >= 11 is 0. The summed E-state index contributed by atoms with van der Waals surface area (Å²) in [5.41, 5.74) is 2.93. The zero-order chi connectivity index (χ0) is 16.5. The summed E-state index contributed by atoms with van der Waals surface area (Å²) in [4.78, 5) is 4.43. The molecule has 0 spiro atoms. The van der Waals surface area contributed by atoms with E-state index in [0.717, 1.165) is 47.9 Å². The quantitative estimate of drug-likeness (QED) is 0.771. The lowest BCUT2D eigenvalue weighted by molar-refractivity contribution is 0.358. The molecule has 1 aliphatic heterocycles. The molecular formula is C17H19FN6. The summed E-state index contributed by atoms with van der Waals surface area (Å²) in [6.45, 7) is 3.46. The van der Waals surface area contributed by atoms with Gasteiger partial charge in [0.25, 0.3) is 0 Å². The largest absolute Gasteiger partial charge is 0.308 e. The number of hydrogen-bond acceptors (Lipinski definition) is 4. The molecule has 3 aromatic rings. The summed E-state index contributed by atoms with van der Waals surface area (Å²) in [6, 6.07) is 6.80. The lowest BCUT2D eigenvalue weighted by Gasteiger charge is -2.23. The van der Waals surface area contributed by atoms with Crippen molar-refractivity contribution >= 4 is 0 Å². The summed E-state index contributed by atoms with van der Waals surface area (Å²) in [5, 5.41) is 15.2. The SMILES string of the molecule is Cc1nc2n(n1)CC(NCc1cn[nH]c1-c1ccc(F)cc1)CC2. The fourth-order valence-corrected chi connectivity index (χ4v) is 3.17. The van der Waals surface area contributed by atoms with Gasteiger partial charge >= 0.3 is 0 Å². The predicted octanol–water partition coefficient (Wildman–Crippen LogP) is 2.22. The van der Waals surface area contributed by atoms with Gasteiger partial charge in [0, 0.05) is 30.1 Å². The van der Waals surface area contributed by atoms with Gasteiger partial charge in [-0.3, -0.25) is 5.10 Å². The Balaban J connectivity index is 1.44. The standard InChI is InChI=1S/C17H19FN6/c1-11-21-16-7-6-15(10-24(16)23-11)19-8-13-9-20-22-17(13)12-2-4-14(18)5-3-12/h2-5,9,15,19H,6-8,10H2,1H3,(H,20,22). The molecule has 0 saturated heterocycles. The molecular weight excluding hydrogens is 307 g/mol. The molecule has 0 amide bonds. The van der Waals surface area contributed by atoms with Gasteiger partial charge in [-0.2, -0.15) is 10.2 Å². The Morgan fingerprint density at radius 1 is 1.33 bits per heavy atom. The van der Waals surface area contributed by atoms with Crippen molar-refractivity contribution in [2.45, 2.75) is 38.9 Å². The highest BCUT2D eigenvalue weighted by Gasteiger charge is 2.21. The molecule has 24 heavy (non-hydrogen) atoms. The molecule has 0 saturated carbocycles. The Kier molecular flexibility index (Phi) is 3.86. The van der Waals surface area contributed by atoms with Crippen LogP contribution in [0.2, 0.25) is 0 Å². The average Bonchev–Trinajstić information content (AvgIpc) is 3.18. The van der Waals surface area contributed by atoms with Crippen LogP contribution in [-0.4, -0.2) is 31.0 Å². The van der Waals surface area contributed by atoms with Crippen molar-refractivity contribution in [1.29, 1.82) is 0 Å². The van der Waals surface area contributed by atoms with Crippen LogP contribution >= 0.6 is 0 Å². The third-order valence-corrected chi connectivity index (χ3v) is 4.40. The van der Waals surface area contributed by atoms with E-state index in [2.05, 4.69) is 25.6 Å². The molecule has 124 valence electrons. The molecule has 3 heterocycles. The summed E-state index contributed by atoms with van der Waals surface area (Å²) in [5.74, 6) is 1.67. The molecule has 1 atom stereocenters. The summed E-state index contributed by atoms with van der Waals surface area (Å²) in [6.07, 6.45) is 3.80. The number of nitrogens with one attached hydrogen (secondary N) is 2. The Morgan fingerprint density at radius 3 is 3.00 bits per heavy atom. The number of benzene rings is 1. The van der Waals surface area contributed by atoms with Crippen LogP contribution in [0.5, 0.6) is 0 Å². The molecule has 2 N–H and O–H groups in total. The van der Waals surface area contributed by atoms with Crippen LogP contribution in [0.15, 0.2) is 30.5 Å². The van der Waals surface area contributed by atoms with E-state index in [1.165, 1.54) is 12.1 Å². The number of H-pyrrole nitrogens is 1. The smallest absolute Gasteiger partial charge is 0.147 e. The second-order valence-corrected chi connectivity index (χ2v) is 6.15. The van der Waals surface area contributed by atoms with Gasteiger partial charge in [-0.15, -0.1) is 0 Å². The van der Waals surface area contributed by atoms with Crippen molar-refractivity contribution in [2.24, 2.45) is 0 Å². The average molecular weight is 326 g/mol. The van der Waals surface area contributed by atoms with Crippen molar-refractivity contribution in [3.05, 3.63) is 53.5 Å². The maximum atomic E-state index is 13.1. The topological polar surface area (TPSA) is 71.4 Å². The lowest BCUT2D eigenvalue weighted by Crippen LogP contribution is -2.37. The fraction of sp³-hybridized carbons (Fsp3) is 0.353. The first-order valence-electron chi connectivity index (χ1n) is 8.11. The zero-order valence-corrected chi connectivity index (χ0v) is 13.5. The lowest BCUT2D eigenvalue weighted by atomic mass is 10.1. The van der Waals surface area contributed by atoms with Gasteiger partial charge < -0.3 is 5.32 Å². The summed E-state index contributed by atoms with van der Waals surface area (Å²) in [7, 11) is 0. The molecule has 0 bridgehead atoms. The number of aromatic amines is 1. The van der Waals surface area contributed by atoms with Crippen molar-refractivity contribution in [3.8, 4) is 11.3 Å². The van der Waals surface area contributed by atoms with Crippen molar-refractivity contribution in [3.63, 3.8) is 0 Å². The van der Waals surface area contributed by atoms with Crippen LogP contribution in [0.25, 0.3) is 11.3 Å². The number of hydrogen-bond donors (Lipinski definition) is 2. The maximum absolute atomic E-state index is 13.1. The van der Waals surface area contributed by atoms with Crippen LogP contribution in [0, 0.1) is 12.7 Å². The molecule has 7 heteroatoms. The minimum atomic E-state index is -0.237. The van der Waals surface area contributed by atoms with Gasteiger partial charge in [0.1, 0.15) is 17.5 Å². The predicted molar refractivity (Wildman–Crippen MR) is 87.7 cm³/mol. The van der Waals surface area contributed by atoms with Gasteiger partial charge in [0.15, 0.2) is 0 Å². The van der Waals surface area contributed by atoms with Gasteiger partial charge in [-0.1, -0.05) is 0 Å². The minimum Gasteiger partial charge on any atom is -0.308 e. The molecule has 2 aromatic heterocycles. The molecule has 0 fully saturated rings. The molecule has 1 aliphatic rings. The Bertz CT molecular complexity index is 835. The molecule has 6 nitrogen and oxygen atoms in total. The van der Waals surface area contributed by atoms with E-state index in [9.17, 15) is 4.39 Å². The van der Waals surface area contributed by atoms with E-state index in [4.69, 9.17) is 0 Å². The van der Waals surface area contributed by atoms with E-state index in [0.29, 0.717) is 12.6 Å². The van der Waals surface area contributed by atoms with Crippen LogP contribution < -0.4 is 5.32 Å². The van der Waals surface area contributed by atoms with E-state index >= 15 is 0 Å². The van der Waals surface area contributed by atoms with Crippen LogP contribution in [0.3, 0.4) is 0 Å². The Morgan fingerprint density at radius 2 is 2.17 bits per heavy atom. The molecule has 1 unspecified atom stereocenters. The number of aryl methyl sites for hydroxylation is 2. The normalized spacial score (nSPS) is 17.0. The van der Waals surface area contributed by atoms with Crippen molar-refractivity contribution in [2.75, 3.05) is 0 Å². The highest BCUT2D eigenvalue weighted by atomic mass is 19.1. The third kappa shape index (κ3) is 2.94. The second kappa shape index (κ2) is 6.16. The first kappa shape index (κ1) is 15.0. The number of nitrogens with zero attached hydrogens (tertiary/aromatic N) is 4. The number of rotatable bonds is 4. The fourth-order valence-electron chi connectivity index (χ4n) is 3.17. The van der Waals surface area contributed by atoms with Crippen LogP contribution in [-0.2, 0) is 19.5 Å². The minimum absolute atomic E-state index is 0.237. The van der Waals surface area contributed by atoms with Gasteiger partial charge in [-0.05, 0) is 37.6 Å². The van der Waals surface area contributed by atoms with E-state index < -0.39 is 0 Å². The van der Waals surface area contributed by atoms with Crippen molar-refractivity contribution < 1.29 is 4.39 Å². The molecule has 4 rings (SSSR count). The third-order valence-electron chi connectivity index (χ3n) is 4.40. The van der Waals surface area contributed by atoms with Gasteiger partial charge in [-0.25, -0.2) is 14.1 Å². The van der Waals surface area contributed by atoms with Crippen LogP contribution in [0.1, 0.15) is 23.6 Å². The van der Waals surface area contributed by atoms with Gasteiger partial charge in [0.05, 0.1) is 18.4 Å². The molecule has 0 aliphatic carbocycles. The Labute approximate surface area is 139 Å². The first-order chi connectivity index (χ1) is 11.7. The number of halogens is 1. The van der Waals surface area contributed by atoms with E-state index in [-0.39, 0.29) is 5.82 Å². The first-order valence-corrected chi connectivity index (χ1v) is 8.11. The van der Waals surface area contributed by atoms with E-state index in [1.807, 2.05) is 17.8 Å². The second-order valence-electron chi connectivity index (χ2n) is 6.15. The monoisotopic (exact) mass is 326 g/mol. The van der Waals surface area contributed by atoms with Gasteiger partial charge in [0.2, 0.25) is 0 Å². The number of fused-ring (bicyclic) bond motifs is 1. The number of aromatic nitrogens is 5. The Hall–Kier alpha value is -2.54. The maximum Gasteiger partial charge on any atom is 0.147 e. The van der Waals surface area contributed by atoms with Crippen molar-refractivity contribution in [1.82, 2.24) is 30.3 Å². The van der Waals surface area contributed by atoms with E-state index in [1.54, 1.807) is 12.1 Å². The zero-order valence-electron chi connectivity index (χ0n) is 13.5. The molecule has 0 radical (unpaired) electrons. The highest BCUT2D eigenvalue weighted by molar-refractivity contribution is 5.62. The highest BCUT2D eigenvalue weighted by Crippen LogP contribution is 2.22.